The quantitative estimate of drug-likeness (QED) is 0.456. The molecule has 2 aromatic carbocycles. The van der Waals surface area contributed by atoms with Crippen LogP contribution in [0.25, 0.3) is 0 Å². The van der Waals surface area contributed by atoms with Crippen LogP contribution in [0.1, 0.15) is 66.9 Å². The molecular formula is C32H40ClNO6. The summed E-state index contributed by atoms with van der Waals surface area (Å²) in [5.74, 6) is 0.686. The molecule has 40 heavy (non-hydrogen) atoms. The molecule has 2 aliphatic carbocycles. The van der Waals surface area contributed by atoms with Gasteiger partial charge in [0.05, 0.1) is 42.8 Å². The summed E-state index contributed by atoms with van der Waals surface area (Å²) in [4.78, 5) is 14.3. The number of carboxylic acid groups (broad SMARTS) is 1. The van der Waals surface area contributed by atoms with E-state index in [0.717, 1.165) is 74.5 Å². The van der Waals surface area contributed by atoms with Crippen LogP contribution in [-0.2, 0) is 21.3 Å². The number of hydrogen-bond acceptors (Lipinski definition) is 6. The average Bonchev–Trinajstić information content (AvgIpc) is 3.07. The third kappa shape index (κ3) is 5.58. The van der Waals surface area contributed by atoms with Crippen molar-refractivity contribution in [3.63, 3.8) is 0 Å². The van der Waals surface area contributed by atoms with Gasteiger partial charge >= 0.3 is 5.97 Å². The van der Waals surface area contributed by atoms with Crippen LogP contribution in [0.3, 0.4) is 0 Å². The van der Waals surface area contributed by atoms with E-state index in [1.165, 1.54) is 11.1 Å². The van der Waals surface area contributed by atoms with E-state index < -0.39 is 12.1 Å². The first-order chi connectivity index (χ1) is 19.3. The Morgan fingerprint density at radius 1 is 1.23 bits per heavy atom. The average molecular weight is 570 g/mol. The van der Waals surface area contributed by atoms with Crippen molar-refractivity contribution < 1.29 is 29.2 Å². The zero-order valence-corrected chi connectivity index (χ0v) is 23.9. The number of ether oxygens (including phenoxy) is 3. The lowest BCUT2D eigenvalue weighted by molar-refractivity contribution is -0.124. The number of halogens is 1. The summed E-state index contributed by atoms with van der Waals surface area (Å²) in [6.45, 7) is 4.95. The monoisotopic (exact) mass is 569 g/mol. The molecule has 2 N–H and O–H groups in total. The van der Waals surface area contributed by atoms with Gasteiger partial charge in [0.2, 0.25) is 0 Å². The van der Waals surface area contributed by atoms with Gasteiger partial charge in [-0.2, -0.15) is 0 Å². The predicted octanol–water partition coefficient (Wildman–Crippen LogP) is 5.48. The Labute approximate surface area is 241 Å². The maximum absolute atomic E-state index is 11.9. The highest BCUT2D eigenvalue weighted by Gasteiger charge is 2.45. The molecule has 7 nitrogen and oxygen atoms in total. The minimum atomic E-state index is -0.931. The molecule has 6 atom stereocenters. The number of carbonyl (C=O) groups is 1. The van der Waals surface area contributed by atoms with Crippen molar-refractivity contribution >= 4 is 23.3 Å². The largest absolute Gasteiger partial charge is 0.490 e. The molecular weight excluding hydrogens is 530 g/mol. The molecule has 1 saturated heterocycles. The van der Waals surface area contributed by atoms with E-state index in [0.29, 0.717) is 31.7 Å². The van der Waals surface area contributed by atoms with Crippen molar-refractivity contribution in [3.8, 4) is 5.75 Å². The van der Waals surface area contributed by atoms with Crippen LogP contribution in [0.2, 0.25) is 5.02 Å². The fourth-order valence-corrected chi connectivity index (χ4v) is 7.56. The third-order valence-electron chi connectivity index (χ3n) is 9.53. The van der Waals surface area contributed by atoms with Crippen LogP contribution in [0.4, 0.5) is 5.69 Å². The second-order valence-electron chi connectivity index (χ2n) is 12.3. The Hall–Kier alpha value is -2.32. The lowest BCUT2D eigenvalue weighted by Crippen LogP contribution is -2.51. The summed E-state index contributed by atoms with van der Waals surface area (Å²) in [5.41, 5.74) is 3.54. The van der Waals surface area contributed by atoms with Crippen LogP contribution in [0, 0.1) is 11.8 Å². The molecule has 0 bridgehead atoms. The van der Waals surface area contributed by atoms with Gasteiger partial charge in [-0.1, -0.05) is 17.7 Å². The number of carboxylic acids is 1. The summed E-state index contributed by atoms with van der Waals surface area (Å²) < 4.78 is 18.7. The fourth-order valence-electron chi connectivity index (χ4n) is 7.36. The molecule has 2 aromatic rings. The first-order valence-corrected chi connectivity index (χ1v) is 15.1. The molecule has 216 valence electrons. The number of aliphatic hydroxyl groups is 1. The number of rotatable bonds is 7. The van der Waals surface area contributed by atoms with Crippen LogP contribution in [0.15, 0.2) is 36.4 Å². The van der Waals surface area contributed by atoms with Gasteiger partial charge in [-0.15, -0.1) is 0 Å². The topological polar surface area (TPSA) is 88.5 Å². The molecule has 4 aliphatic rings. The zero-order valence-electron chi connectivity index (χ0n) is 23.2. The Morgan fingerprint density at radius 2 is 2.10 bits per heavy atom. The number of fused-ring (bicyclic) bond motifs is 3. The maximum atomic E-state index is 11.9. The van der Waals surface area contributed by atoms with Crippen molar-refractivity contribution in [3.05, 3.63) is 58.1 Å². The van der Waals surface area contributed by atoms with Crippen molar-refractivity contribution in [1.29, 1.82) is 0 Å². The predicted molar refractivity (Wildman–Crippen MR) is 154 cm³/mol. The second-order valence-corrected chi connectivity index (χ2v) is 12.8. The van der Waals surface area contributed by atoms with E-state index in [-0.39, 0.29) is 23.2 Å². The molecule has 0 amide bonds. The molecule has 2 heterocycles. The molecule has 2 fully saturated rings. The number of aliphatic hydroxyl groups excluding tert-OH is 1. The van der Waals surface area contributed by atoms with E-state index in [1.54, 1.807) is 19.1 Å². The molecule has 1 spiro atoms. The molecule has 8 heteroatoms. The fraction of sp³-hybridized carbons (Fsp3) is 0.594. The van der Waals surface area contributed by atoms with Gasteiger partial charge in [-0.3, -0.25) is 0 Å². The van der Waals surface area contributed by atoms with Crippen LogP contribution >= 0.6 is 11.6 Å². The van der Waals surface area contributed by atoms with Crippen LogP contribution in [0.5, 0.6) is 5.75 Å². The molecule has 0 aromatic heterocycles. The molecule has 1 saturated carbocycles. The van der Waals surface area contributed by atoms with Gasteiger partial charge in [0, 0.05) is 36.6 Å². The molecule has 0 radical (unpaired) electrons. The van der Waals surface area contributed by atoms with Crippen LogP contribution in [-0.4, -0.2) is 67.4 Å². The van der Waals surface area contributed by atoms with Crippen molar-refractivity contribution in [2.45, 2.75) is 75.6 Å². The Morgan fingerprint density at radius 3 is 2.88 bits per heavy atom. The van der Waals surface area contributed by atoms with E-state index in [9.17, 15) is 15.0 Å². The zero-order chi connectivity index (χ0) is 27.9. The van der Waals surface area contributed by atoms with E-state index in [4.69, 9.17) is 25.8 Å². The highest BCUT2D eigenvalue weighted by molar-refractivity contribution is 6.30. The highest BCUT2D eigenvalue weighted by Crippen LogP contribution is 2.47. The Bertz CT molecular complexity index is 1240. The molecule has 1 unspecified atom stereocenters. The minimum Gasteiger partial charge on any atom is -0.490 e. The summed E-state index contributed by atoms with van der Waals surface area (Å²) in [6, 6.07) is 11.5. The number of aryl methyl sites for hydroxylation is 1. The second kappa shape index (κ2) is 11.5. The van der Waals surface area contributed by atoms with E-state index >= 15 is 0 Å². The van der Waals surface area contributed by atoms with E-state index in [1.807, 2.05) is 12.1 Å². The number of anilines is 1. The number of aromatic carboxylic acids is 1. The first-order valence-electron chi connectivity index (χ1n) is 14.8. The normalized spacial score (nSPS) is 30.4. The lowest BCUT2D eigenvalue weighted by Gasteiger charge is -2.47. The van der Waals surface area contributed by atoms with E-state index in [2.05, 4.69) is 17.0 Å². The number of nitrogens with zero attached hydrogens (tertiary/aromatic N) is 1. The van der Waals surface area contributed by atoms with Gasteiger partial charge in [0.1, 0.15) is 5.75 Å². The first kappa shape index (κ1) is 27.8. The summed E-state index contributed by atoms with van der Waals surface area (Å²) in [6.07, 6.45) is 6.85. The maximum Gasteiger partial charge on any atom is 0.335 e. The van der Waals surface area contributed by atoms with Gasteiger partial charge in [-0.05, 0) is 98.7 Å². The SMILES string of the molecule is C[C@H](O)CO[C@H]1CCO[C@H]([C@@H]2CC[C@H]2CN2CC3(CCCc4cc(Cl)ccc43)COc3ccc(C(=O)O)cc32)C1. The highest BCUT2D eigenvalue weighted by atomic mass is 35.5. The third-order valence-corrected chi connectivity index (χ3v) is 9.77. The standard InChI is InChI=1S/C32H40ClNO6/c1-20(35)17-39-25-10-12-38-30(15-25)26-7-4-23(26)16-34-18-32(11-2-3-21-13-24(33)6-8-27(21)32)19-40-29-9-5-22(31(36)37)14-28(29)34/h5-6,8-9,13-14,20,23,25-26,30,35H,2-4,7,10-12,15-19H2,1H3,(H,36,37)/t20-,23-,25-,26+,30-,32?/m0/s1. The van der Waals surface area contributed by atoms with Gasteiger partial charge < -0.3 is 29.3 Å². The lowest BCUT2D eigenvalue weighted by atomic mass is 9.67. The van der Waals surface area contributed by atoms with Crippen molar-refractivity contribution in [2.24, 2.45) is 11.8 Å². The molecule has 6 rings (SSSR count). The summed E-state index contributed by atoms with van der Waals surface area (Å²) in [7, 11) is 0. The summed E-state index contributed by atoms with van der Waals surface area (Å²) in [5, 5.41) is 20.2. The minimum absolute atomic E-state index is 0.119. The number of benzene rings is 2. The van der Waals surface area contributed by atoms with Crippen LogP contribution < -0.4 is 9.64 Å². The van der Waals surface area contributed by atoms with Gasteiger partial charge in [-0.25, -0.2) is 4.79 Å². The summed E-state index contributed by atoms with van der Waals surface area (Å²) >= 11 is 6.38. The van der Waals surface area contributed by atoms with Gasteiger partial charge in [0.15, 0.2) is 0 Å². The smallest absolute Gasteiger partial charge is 0.335 e. The Balaban J connectivity index is 1.27. The van der Waals surface area contributed by atoms with Crippen molar-refractivity contribution in [1.82, 2.24) is 0 Å². The Kier molecular flexibility index (Phi) is 8.01. The van der Waals surface area contributed by atoms with Crippen molar-refractivity contribution in [2.75, 3.05) is 37.8 Å². The number of hydrogen-bond donors (Lipinski definition) is 2. The van der Waals surface area contributed by atoms with Gasteiger partial charge in [0.25, 0.3) is 0 Å². The molecule has 2 aliphatic heterocycles.